The van der Waals surface area contributed by atoms with Crippen molar-refractivity contribution in [3.63, 3.8) is 0 Å². The van der Waals surface area contributed by atoms with Crippen LogP contribution in [0.5, 0.6) is 0 Å². The van der Waals surface area contributed by atoms with Crippen molar-refractivity contribution in [1.82, 2.24) is 5.32 Å². The van der Waals surface area contributed by atoms with Crippen molar-refractivity contribution in [2.24, 2.45) is 0 Å². The molecular formula is C64H119NO10. The molecule has 6 N–H and O–H groups in total. The van der Waals surface area contributed by atoms with E-state index in [4.69, 9.17) is 14.2 Å². The van der Waals surface area contributed by atoms with E-state index in [1.165, 1.54) is 167 Å². The molecule has 0 radical (unpaired) electrons. The highest BCUT2D eigenvalue weighted by Gasteiger charge is 2.47. The number of ether oxygens (including phenoxy) is 3. The van der Waals surface area contributed by atoms with Crippen molar-refractivity contribution in [3.8, 4) is 0 Å². The number of hydrogen-bond acceptors (Lipinski definition) is 10. The van der Waals surface area contributed by atoms with Gasteiger partial charge < -0.3 is 45.1 Å². The zero-order chi connectivity index (χ0) is 54.7. The molecule has 0 spiro atoms. The molecule has 8 unspecified atom stereocenters. The van der Waals surface area contributed by atoms with E-state index in [2.05, 4.69) is 50.4 Å². The van der Waals surface area contributed by atoms with Gasteiger partial charge in [-0.15, -0.1) is 0 Å². The lowest BCUT2D eigenvalue weighted by atomic mass is 9.99. The Balaban J connectivity index is 2.64. The van der Waals surface area contributed by atoms with Crippen LogP contribution >= 0.6 is 0 Å². The standard InChI is InChI=1S/C64H119NO10/c1-4-7-10-13-16-19-22-24-26-27-28-29-30-32-33-36-39-42-45-48-51-57(68)63(72)65-55(56(67)50-47-44-41-38-35-21-18-15-12-9-6-3)54-73-64-62(61(71)60(70)58(53-66)74-64)75-59(69)52-49-46-43-40-37-34-31-25-23-20-17-14-11-8-5-2/h17,20,23,25,47,50,55-58,60-62,64,66-68,70-71H,4-16,18-19,21-22,24,26-46,48-49,51-54H2,1-3H3,(H,65,72)/b20-17+,25-23+,50-47+. The van der Waals surface area contributed by atoms with E-state index in [0.29, 0.717) is 19.3 Å². The second-order valence-corrected chi connectivity index (χ2v) is 22.2. The second-order valence-electron chi connectivity index (χ2n) is 22.2. The molecule has 0 aromatic carbocycles. The van der Waals surface area contributed by atoms with Gasteiger partial charge in [0.15, 0.2) is 12.4 Å². The van der Waals surface area contributed by atoms with Gasteiger partial charge in [-0.05, 0) is 51.4 Å². The fourth-order valence-corrected chi connectivity index (χ4v) is 10.00. The number of unbranched alkanes of at least 4 members (excludes halogenated alkanes) is 37. The highest BCUT2D eigenvalue weighted by molar-refractivity contribution is 5.80. The molecule has 440 valence electrons. The predicted molar refractivity (Wildman–Crippen MR) is 311 cm³/mol. The van der Waals surface area contributed by atoms with Crippen LogP contribution in [0.15, 0.2) is 36.5 Å². The van der Waals surface area contributed by atoms with Gasteiger partial charge in [0.2, 0.25) is 5.91 Å². The fourth-order valence-electron chi connectivity index (χ4n) is 10.00. The number of carbonyl (C=O) groups is 2. The average Bonchev–Trinajstić information content (AvgIpc) is 3.41. The number of aliphatic hydroxyl groups excluding tert-OH is 5. The molecule has 75 heavy (non-hydrogen) atoms. The third kappa shape index (κ3) is 40.7. The largest absolute Gasteiger partial charge is 0.454 e. The predicted octanol–water partition coefficient (Wildman–Crippen LogP) is 15.1. The number of esters is 1. The summed E-state index contributed by atoms with van der Waals surface area (Å²) in [5.41, 5.74) is 0. The van der Waals surface area contributed by atoms with E-state index >= 15 is 0 Å². The van der Waals surface area contributed by atoms with Crippen LogP contribution in [-0.4, -0.2) is 99.6 Å². The van der Waals surface area contributed by atoms with E-state index in [1.807, 2.05) is 6.08 Å². The molecule has 1 aliphatic heterocycles. The number of nitrogens with one attached hydrogen (secondary N) is 1. The number of rotatable bonds is 54. The Hall–Kier alpha value is -2.12. The Bertz CT molecular complexity index is 1360. The minimum Gasteiger partial charge on any atom is -0.454 e. The van der Waals surface area contributed by atoms with E-state index < -0.39 is 67.4 Å². The first-order valence-electron chi connectivity index (χ1n) is 31.8. The molecule has 0 aromatic rings. The van der Waals surface area contributed by atoms with Gasteiger partial charge in [-0.25, -0.2) is 0 Å². The first-order chi connectivity index (χ1) is 36.7. The molecule has 0 bridgehead atoms. The summed E-state index contributed by atoms with van der Waals surface area (Å²) in [5.74, 6) is -1.20. The van der Waals surface area contributed by atoms with Crippen LogP contribution < -0.4 is 5.32 Å². The smallest absolute Gasteiger partial charge is 0.306 e. The van der Waals surface area contributed by atoms with Gasteiger partial charge >= 0.3 is 5.97 Å². The van der Waals surface area contributed by atoms with Gasteiger partial charge in [-0.1, -0.05) is 276 Å². The first-order valence-corrected chi connectivity index (χ1v) is 31.8. The number of allylic oxidation sites excluding steroid dienone is 5. The van der Waals surface area contributed by atoms with Crippen LogP contribution in [0.1, 0.15) is 297 Å². The molecule has 1 amide bonds. The quantitative estimate of drug-likeness (QED) is 0.0149. The molecule has 8 atom stereocenters. The maximum absolute atomic E-state index is 13.4. The van der Waals surface area contributed by atoms with Crippen LogP contribution in [-0.2, 0) is 23.8 Å². The summed E-state index contributed by atoms with van der Waals surface area (Å²) in [6.45, 7) is 5.77. The lowest BCUT2D eigenvalue weighted by molar-refractivity contribution is -0.305. The molecule has 1 heterocycles. The Labute approximate surface area is 460 Å². The van der Waals surface area contributed by atoms with E-state index in [-0.39, 0.29) is 13.0 Å². The number of amides is 1. The normalized spacial score (nSPS) is 19.4. The molecular weight excluding hydrogens is 943 g/mol. The van der Waals surface area contributed by atoms with Crippen molar-refractivity contribution < 1.29 is 49.3 Å². The fraction of sp³-hybridized carbons (Fsp3) is 0.875. The Kier molecular flexibility index (Phi) is 49.7. The van der Waals surface area contributed by atoms with Gasteiger partial charge in [0.05, 0.1) is 25.4 Å². The Morgan fingerprint density at radius 3 is 1.36 bits per heavy atom. The van der Waals surface area contributed by atoms with Gasteiger partial charge in [0.25, 0.3) is 0 Å². The monoisotopic (exact) mass is 1060 g/mol. The molecule has 0 aromatic heterocycles. The maximum Gasteiger partial charge on any atom is 0.306 e. The molecule has 0 saturated carbocycles. The second kappa shape index (κ2) is 52.6. The van der Waals surface area contributed by atoms with Crippen LogP contribution in [0.2, 0.25) is 0 Å². The van der Waals surface area contributed by atoms with Gasteiger partial charge in [-0.2, -0.15) is 0 Å². The molecule has 1 saturated heterocycles. The first kappa shape index (κ1) is 70.9. The van der Waals surface area contributed by atoms with E-state index in [1.54, 1.807) is 6.08 Å². The van der Waals surface area contributed by atoms with Gasteiger partial charge in [0, 0.05) is 6.42 Å². The van der Waals surface area contributed by atoms with Crippen molar-refractivity contribution in [1.29, 1.82) is 0 Å². The number of hydrogen-bond donors (Lipinski definition) is 6. The van der Waals surface area contributed by atoms with Crippen LogP contribution in [0.25, 0.3) is 0 Å². The average molecular weight is 1060 g/mol. The van der Waals surface area contributed by atoms with E-state index in [0.717, 1.165) is 83.5 Å². The maximum atomic E-state index is 13.4. The summed E-state index contributed by atoms with van der Waals surface area (Å²) >= 11 is 0. The molecule has 11 heteroatoms. The molecule has 11 nitrogen and oxygen atoms in total. The lowest BCUT2D eigenvalue weighted by Gasteiger charge is -2.41. The third-order valence-electron chi connectivity index (χ3n) is 15.1. The van der Waals surface area contributed by atoms with E-state index in [9.17, 15) is 35.1 Å². The Morgan fingerprint density at radius 1 is 0.520 bits per heavy atom. The summed E-state index contributed by atoms with van der Waals surface area (Å²) in [4.78, 5) is 26.5. The molecule has 0 aliphatic carbocycles. The molecule has 1 fully saturated rings. The topological polar surface area (TPSA) is 175 Å². The van der Waals surface area contributed by atoms with Crippen LogP contribution in [0.4, 0.5) is 0 Å². The molecule has 1 rings (SSSR count). The van der Waals surface area contributed by atoms with Gasteiger partial charge in [0.1, 0.15) is 24.4 Å². The number of aliphatic hydroxyl groups is 5. The highest BCUT2D eigenvalue weighted by atomic mass is 16.7. The van der Waals surface area contributed by atoms with Crippen LogP contribution in [0, 0.1) is 0 Å². The summed E-state index contributed by atoms with van der Waals surface area (Å²) < 4.78 is 17.6. The summed E-state index contributed by atoms with van der Waals surface area (Å²) in [5, 5.41) is 57.0. The van der Waals surface area contributed by atoms with Gasteiger partial charge in [-0.3, -0.25) is 9.59 Å². The summed E-state index contributed by atoms with van der Waals surface area (Å²) in [6.07, 6.45) is 51.9. The zero-order valence-electron chi connectivity index (χ0n) is 48.7. The summed E-state index contributed by atoms with van der Waals surface area (Å²) in [7, 11) is 0. The lowest BCUT2D eigenvalue weighted by Crippen LogP contribution is -2.61. The minimum absolute atomic E-state index is 0.112. The Morgan fingerprint density at radius 2 is 0.907 bits per heavy atom. The number of carbonyl (C=O) groups excluding carboxylic acids is 2. The summed E-state index contributed by atoms with van der Waals surface area (Å²) in [6, 6.07) is -1.02. The molecule has 1 aliphatic rings. The van der Waals surface area contributed by atoms with Crippen molar-refractivity contribution >= 4 is 11.9 Å². The van der Waals surface area contributed by atoms with Crippen molar-refractivity contribution in [2.75, 3.05) is 13.2 Å². The SMILES string of the molecule is CCCCC/C=C/C=C/CCCCCCCCC(=O)OC1C(OCC(NC(=O)C(O)CCCCCCCCCCCCCCCCCCCCCC)C(O)/C=C/CCCCCCCCCCC)OC(CO)C(O)C1O. The highest BCUT2D eigenvalue weighted by Crippen LogP contribution is 2.26. The van der Waals surface area contributed by atoms with Crippen molar-refractivity contribution in [3.05, 3.63) is 36.5 Å². The van der Waals surface area contributed by atoms with Crippen molar-refractivity contribution in [2.45, 2.75) is 346 Å². The van der Waals surface area contributed by atoms with Crippen LogP contribution in [0.3, 0.4) is 0 Å². The zero-order valence-corrected chi connectivity index (χ0v) is 48.7. The minimum atomic E-state index is -1.62. The third-order valence-corrected chi connectivity index (χ3v) is 15.1.